The average Bonchev–Trinajstić information content (AvgIpc) is 2.34. The summed E-state index contributed by atoms with van der Waals surface area (Å²) < 4.78 is 0. The lowest BCUT2D eigenvalue weighted by Gasteiger charge is -2.38. The zero-order valence-corrected chi connectivity index (χ0v) is 12.1. The van der Waals surface area contributed by atoms with Gasteiger partial charge >= 0.3 is 0 Å². The van der Waals surface area contributed by atoms with E-state index >= 15 is 0 Å². The molecule has 18 heavy (non-hydrogen) atoms. The number of hydrogen-bond donors (Lipinski definition) is 1. The number of carbonyl (C=O) groups excluding carboxylic acids is 1. The molecule has 0 aromatic rings. The monoisotopic (exact) mass is 252 g/mol. The Bertz CT molecular complexity index is 284. The largest absolute Gasteiger partial charge is 0.343 e. The number of amides is 1. The normalized spacial score (nSPS) is 34.6. The second kappa shape index (κ2) is 6.05. The van der Waals surface area contributed by atoms with Gasteiger partial charge in [0.1, 0.15) is 0 Å². The summed E-state index contributed by atoms with van der Waals surface area (Å²) in [6.07, 6.45) is 6.28. The molecular formula is C15H28N2O. The third-order valence-corrected chi connectivity index (χ3v) is 5.01. The first-order valence-electron chi connectivity index (χ1n) is 7.58. The summed E-state index contributed by atoms with van der Waals surface area (Å²) in [5.74, 6) is 1.98. The molecule has 0 aromatic carbocycles. The van der Waals surface area contributed by atoms with Crippen LogP contribution in [0.3, 0.4) is 0 Å². The first-order chi connectivity index (χ1) is 8.56. The van der Waals surface area contributed by atoms with Crippen LogP contribution in [0.5, 0.6) is 0 Å². The molecule has 104 valence electrons. The molecule has 3 atom stereocenters. The van der Waals surface area contributed by atoms with Crippen LogP contribution in [-0.2, 0) is 4.79 Å². The van der Waals surface area contributed by atoms with E-state index in [-0.39, 0.29) is 5.91 Å². The molecule has 0 radical (unpaired) electrons. The molecule has 1 saturated carbocycles. The standard InChI is InChI=1S/C15H28N2O/c1-11-4-5-15(10-12(11)2)16-14-6-8-17(9-7-14)13(3)18/h11-12,14-16H,4-10H2,1-3H3. The van der Waals surface area contributed by atoms with Crippen LogP contribution in [-0.4, -0.2) is 36.0 Å². The van der Waals surface area contributed by atoms with Gasteiger partial charge in [0, 0.05) is 32.1 Å². The molecule has 2 rings (SSSR count). The molecule has 1 amide bonds. The van der Waals surface area contributed by atoms with Gasteiger partial charge in [-0.05, 0) is 43.9 Å². The van der Waals surface area contributed by atoms with Crippen LogP contribution in [0.2, 0.25) is 0 Å². The number of piperidine rings is 1. The summed E-state index contributed by atoms with van der Waals surface area (Å²) in [5.41, 5.74) is 0. The number of nitrogens with one attached hydrogen (secondary N) is 1. The Balaban J connectivity index is 1.73. The Labute approximate surface area is 111 Å². The maximum absolute atomic E-state index is 11.3. The minimum Gasteiger partial charge on any atom is -0.343 e. The van der Waals surface area contributed by atoms with Crippen molar-refractivity contribution in [1.82, 2.24) is 10.2 Å². The Morgan fingerprint density at radius 1 is 1.00 bits per heavy atom. The molecule has 3 heteroatoms. The Morgan fingerprint density at radius 2 is 1.67 bits per heavy atom. The quantitative estimate of drug-likeness (QED) is 0.818. The molecule has 3 unspecified atom stereocenters. The van der Waals surface area contributed by atoms with Crippen LogP contribution in [0, 0.1) is 11.8 Å². The van der Waals surface area contributed by atoms with E-state index < -0.39 is 0 Å². The van der Waals surface area contributed by atoms with Crippen molar-refractivity contribution in [2.24, 2.45) is 11.8 Å². The van der Waals surface area contributed by atoms with Crippen molar-refractivity contribution < 1.29 is 4.79 Å². The number of hydrogen-bond acceptors (Lipinski definition) is 2. The number of likely N-dealkylation sites (tertiary alicyclic amines) is 1. The minimum absolute atomic E-state index is 0.230. The molecule has 3 nitrogen and oxygen atoms in total. The van der Waals surface area contributed by atoms with Gasteiger partial charge in [0.05, 0.1) is 0 Å². The van der Waals surface area contributed by atoms with Crippen molar-refractivity contribution in [2.75, 3.05) is 13.1 Å². The van der Waals surface area contributed by atoms with E-state index in [2.05, 4.69) is 19.2 Å². The molecule has 2 aliphatic rings. The van der Waals surface area contributed by atoms with Crippen molar-refractivity contribution in [1.29, 1.82) is 0 Å². The van der Waals surface area contributed by atoms with E-state index in [4.69, 9.17) is 0 Å². The van der Waals surface area contributed by atoms with E-state index in [0.29, 0.717) is 12.1 Å². The smallest absolute Gasteiger partial charge is 0.219 e. The van der Waals surface area contributed by atoms with Gasteiger partial charge in [-0.25, -0.2) is 0 Å². The highest BCUT2D eigenvalue weighted by Crippen LogP contribution is 2.30. The number of rotatable bonds is 2. The maximum Gasteiger partial charge on any atom is 0.219 e. The predicted molar refractivity (Wildman–Crippen MR) is 74.4 cm³/mol. The zero-order valence-electron chi connectivity index (χ0n) is 12.1. The van der Waals surface area contributed by atoms with E-state index in [1.54, 1.807) is 6.92 Å². The third-order valence-electron chi connectivity index (χ3n) is 5.01. The lowest BCUT2D eigenvalue weighted by molar-refractivity contribution is -0.129. The van der Waals surface area contributed by atoms with Gasteiger partial charge in [-0.15, -0.1) is 0 Å². The first kappa shape index (κ1) is 13.9. The SMILES string of the molecule is CC(=O)N1CCC(NC2CCC(C)C(C)C2)CC1. The van der Waals surface area contributed by atoms with E-state index in [9.17, 15) is 4.79 Å². The van der Waals surface area contributed by atoms with E-state index in [1.807, 2.05) is 4.90 Å². The maximum atomic E-state index is 11.3. The summed E-state index contributed by atoms with van der Waals surface area (Å²) in [5, 5.41) is 3.83. The molecular weight excluding hydrogens is 224 g/mol. The summed E-state index contributed by atoms with van der Waals surface area (Å²) in [6.45, 7) is 8.32. The fourth-order valence-corrected chi connectivity index (χ4v) is 3.39. The fourth-order valence-electron chi connectivity index (χ4n) is 3.39. The van der Waals surface area contributed by atoms with Crippen LogP contribution in [0.15, 0.2) is 0 Å². The molecule has 1 N–H and O–H groups in total. The Morgan fingerprint density at radius 3 is 2.22 bits per heavy atom. The van der Waals surface area contributed by atoms with Crippen molar-refractivity contribution in [3.8, 4) is 0 Å². The van der Waals surface area contributed by atoms with Crippen LogP contribution in [0.4, 0.5) is 0 Å². The van der Waals surface area contributed by atoms with Crippen LogP contribution in [0.25, 0.3) is 0 Å². The van der Waals surface area contributed by atoms with Crippen molar-refractivity contribution in [3.63, 3.8) is 0 Å². The van der Waals surface area contributed by atoms with Gasteiger partial charge in [-0.2, -0.15) is 0 Å². The van der Waals surface area contributed by atoms with Gasteiger partial charge in [0.25, 0.3) is 0 Å². The third kappa shape index (κ3) is 3.47. The lowest BCUT2D eigenvalue weighted by atomic mass is 9.79. The predicted octanol–water partition coefficient (Wildman–Crippen LogP) is 2.41. The molecule has 1 aliphatic heterocycles. The minimum atomic E-state index is 0.230. The van der Waals surface area contributed by atoms with Crippen LogP contribution in [0.1, 0.15) is 52.9 Å². The lowest BCUT2D eigenvalue weighted by Crippen LogP contribution is -2.48. The Hall–Kier alpha value is -0.570. The van der Waals surface area contributed by atoms with Crippen LogP contribution < -0.4 is 5.32 Å². The average molecular weight is 252 g/mol. The first-order valence-corrected chi connectivity index (χ1v) is 7.58. The molecule has 0 spiro atoms. The number of carbonyl (C=O) groups is 1. The van der Waals surface area contributed by atoms with E-state index in [1.165, 1.54) is 19.3 Å². The molecule has 1 heterocycles. The molecule has 0 aromatic heterocycles. The molecule has 1 aliphatic carbocycles. The fraction of sp³-hybridized carbons (Fsp3) is 0.933. The van der Waals surface area contributed by atoms with Gasteiger partial charge < -0.3 is 10.2 Å². The summed E-state index contributed by atoms with van der Waals surface area (Å²) in [4.78, 5) is 13.3. The summed E-state index contributed by atoms with van der Waals surface area (Å²) in [7, 11) is 0. The van der Waals surface area contributed by atoms with Gasteiger partial charge in [-0.3, -0.25) is 4.79 Å². The van der Waals surface area contributed by atoms with Crippen molar-refractivity contribution in [3.05, 3.63) is 0 Å². The van der Waals surface area contributed by atoms with Gasteiger partial charge in [0.2, 0.25) is 5.91 Å². The Kier molecular flexibility index (Phi) is 4.66. The highest BCUT2D eigenvalue weighted by atomic mass is 16.2. The molecule has 0 bridgehead atoms. The summed E-state index contributed by atoms with van der Waals surface area (Å²) >= 11 is 0. The highest BCUT2D eigenvalue weighted by Gasteiger charge is 2.27. The zero-order chi connectivity index (χ0) is 13.1. The second-order valence-electron chi connectivity index (χ2n) is 6.41. The molecule has 1 saturated heterocycles. The van der Waals surface area contributed by atoms with Crippen molar-refractivity contribution in [2.45, 2.75) is 65.0 Å². The number of nitrogens with zero attached hydrogens (tertiary/aromatic N) is 1. The van der Waals surface area contributed by atoms with Crippen LogP contribution >= 0.6 is 0 Å². The summed E-state index contributed by atoms with van der Waals surface area (Å²) in [6, 6.07) is 1.34. The van der Waals surface area contributed by atoms with Gasteiger partial charge in [-0.1, -0.05) is 13.8 Å². The van der Waals surface area contributed by atoms with Gasteiger partial charge in [0.15, 0.2) is 0 Å². The topological polar surface area (TPSA) is 32.3 Å². The molecule has 2 fully saturated rings. The van der Waals surface area contributed by atoms with E-state index in [0.717, 1.165) is 37.8 Å². The second-order valence-corrected chi connectivity index (χ2v) is 6.41. The van der Waals surface area contributed by atoms with Crippen molar-refractivity contribution >= 4 is 5.91 Å². The highest BCUT2D eigenvalue weighted by molar-refractivity contribution is 5.73.